The van der Waals surface area contributed by atoms with Gasteiger partial charge < -0.3 is 43.6 Å². The second-order valence-electron chi connectivity index (χ2n) is 21.0. The lowest BCUT2D eigenvalue weighted by Crippen LogP contribution is -2.74. The van der Waals surface area contributed by atoms with E-state index >= 15 is 4.79 Å². The summed E-state index contributed by atoms with van der Waals surface area (Å²) in [6.45, 7) is 23.1. The first-order valence-electron chi connectivity index (χ1n) is 22.8. The Morgan fingerprint density at radius 1 is 0.922 bits per heavy atom. The van der Waals surface area contributed by atoms with Gasteiger partial charge in [0, 0.05) is 29.6 Å². The summed E-state index contributed by atoms with van der Waals surface area (Å²) < 4.78 is 42.1. The Balaban J connectivity index is 1.34. The lowest BCUT2D eigenvalue weighted by Gasteiger charge is -2.68. The zero-order chi connectivity index (χ0) is 47.0. The van der Waals surface area contributed by atoms with Crippen LogP contribution in [0.4, 0.5) is 9.59 Å². The molecule has 11 atom stereocenters. The van der Waals surface area contributed by atoms with Crippen LogP contribution in [0, 0.1) is 39.9 Å². The number of benzene rings is 2. The summed E-state index contributed by atoms with van der Waals surface area (Å²) in [6.07, 6.45) is -4.51. The fourth-order valence-corrected chi connectivity index (χ4v) is 11.7. The number of ketones is 1. The largest absolute Gasteiger partial charge is 0.508 e. The molecule has 2 aromatic carbocycles. The van der Waals surface area contributed by atoms with E-state index in [0.29, 0.717) is 30.6 Å². The topological polar surface area (TPSA) is 165 Å². The van der Waals surface area contributed by atoms with Crippen molar-refractivity contribution < 1.29 is 57.4 Å². The second kappa shape index (κ2) is 18.9. The van der Waals surface area contributed by atoms with Gasteiger partial charge in [-0.05, 0) is 81.1 Å². The highest BCUT2D eigenvalue weighted by molar-refractivity contribution is 5.91. The van der Waals surface area contributed by atoms with Crippen LogP contribution in [0.5, 0.6) is 0 Å². The molecular weight excluding hydrogens is 819 g/mol. The van der Waals surface area contributed by atoms with Gasteiger partial charge in [-0.1, -0.05) is 109 Å². The number of hydrogen-bond acceptors (Lipinski definition) is 12. The molecular formula is C51H71NO12. The van der Waals surface area contributed by atoms with E-state index in [1.165, 1.54) is 0 Å². The van der Waals surface area contributed by atoms with E-state index in [1.807, 2.05) is 116 Å². The molecule has 352 valence electrons. The third-order valence-corrected chi connectivity index (χ3v) is 14.7. The lowest BCUT2D eigenvalue weighted by molar-refractivity contribution is -0.302. The van der Waals surface area contributed by atoms with Gasteiger partial charge in [0.1, 0.15) is 37.0 Å². The van der Waals surface area contributed by atoms with E-state index in [9.17, 15) is 19.5 Å². The Morgan fingerprint density at radius 2 is 1.53 bits per heavy atom. The van der Waals surface area contributed by atoms with Crippen LogP contribution in [0.25, 0.3) is 0 Å². The summed E-state index contributed by atoms with van der Waals surface area (Å²) in [7, 11) is 0. The highest BCUT2D eigenvalue weighted by Gasteiger charge is 2.73. The molecule has 1 heterocycles. The molecule has 2 saturated carbocycles. The van der Waals surface area contributed by atoms with Gasteiger partial charge in [-0.3, -0.25) is 4.79 Å². The molecule has 2 aromatic rings. The summed E-state index contributed by atoms with van der Waals surface area (Å²) in [5.41, 5.74) is -2.11. The van der Waals surface area contributed by atoms with Crippen molar-refractivity contribution in [1.29, 1.82) is 0 Å². The second-order valence-corrected chi connectivity index (χ2v) is 21.0. The van der Waals surface area contributed by atoms with E-state index in [2.05, 4.69) is 12.2 Å². The van der Waals surface area contributed by atoms with E-state index in [-0.39, 0.29) is 44.2 Å². The maximum Gasteiger partial charge on any atom is 0.508 e. The maximum atomic E-state index is 15.5. The first-order valence-corrected chi connectivity index (χ1v) is 22.8. The standard InChI is InChI=1S/C51H71NO12/c1-30(2)23-36(52-45(55)64-47(6,7)8)41(61-29-58-26-34-19-15-13-16-20-34)44(54)62-37-25-51(57)33(5)42-49(11)28-60-38(49)24-39(63-46(56)59-27-35-21-17-14-18-22-35)50(42,12)43(53)32(4)40(31(37)3)48(51,9)10/h13-22,30,32-33,36-39,41-42,57H,23-29H2,1-12H3,(H,52,55)/t32?,33-,36-,37?,38+,39-,41?,42+,49+,50+,51+/m0/s1. The molecule has 64 heavy (non-hydrogen) atoms. The molecule has 0 spiro atoms. The molecule has 13 nitrogen and oxygen atoms in total. The van der Waals surface area contributed by atoms with Crippen LogP contribution in [-0.2, 0) is 56.0 Å². The number of carbonyl (C=O) groups is 4. The number of aliphatic hydroxyl groups is 1. The Kier molecular flexibility index (Phi) is 14.5. The van der Waals surface area contributed by atoms with Gasteiger partial charge >= 0.3 is 18.2 Å². The summed E-state index contributed by atoms with van der Waals surface area (Å²) in [4.78, 5) is 57.0. The van der Waals surface area contributed by atoms with Crippen molar-refractivity contribution in [2.24, 2.45) is 39.9 Å². The van der Waals surface area contributed by atoms with Crippen LogP contribution in [0.2, 0.25) is 0 Å². The van der Waals surface area contributed by atoms with Gasteiger partial charge in [-0.25, -0.2) is 14.4 Å². The van der Waals surface area contributed by atoms with Crippen LogP contribution in [0.1, 0.15) is 113 Å². The minimum absolute atomic E-state index is 0.00690. The molecule has 3 fully saturated rings. The van der Waals surface area contributed by atoms with E-state index in [4.69, 9.17) is 33.2 Å². The first kappa shape index (κ1) is 49.1. The molecule has 1 aliphatic heterocycles. The number of Topliss-reactive ketones (excluding diaryl/α,β-unsaturated/α-hetero) is 1. The van der Waals surface area contributed by atoms with Crippen LogP contribution in [0.15, 0.2) is 71.8 Å². The third-order valence-electron chi connectivity index (χ3n) is 14.7. The number of alkyl carbamates (subject to hydrolysis) is 1. The molecule has 2 bridgehead atoms. The van der Waals surface area contributed by atoms with Gasteiger partial charge in [0.25, 0.3) is 0 Å². The Labute approximate surface area is 379 Å². The molecule has 6 rings (SSSR count). The number of rotatable bonds is 14. The fourth-order valence-electron chi connectivity index (χ4n) is 11.7. The van der Waals surface area contributed by atoms with Gasteiger partial charge in [0.2, 0.25) is 0 Å². The molecule has 3 unspecified atom stereocenters. The molecule has 0 radical (unpaired) electrons. The number of ether oxygens (including phenoxy) is 7. The average molecular weight is 890 g/mol. The maximum absolute atomic E-state index is 15.5. The Bertz CT molecular complexity index is 2030. The molecule has 1 saturated heterocycles. The van der Waals surface area contributed by atoms with Crippen molar-refractivity contribution in [3.63, 3.8) is 0 Å². The minimum Gasteiger partial charge on any atom is -0.456 e. The number of amides is 1. The summed E-state index contributed by atoms with van der Waals surface area (Å²) in [6, 6.07) is 18.0. The lowest BCUT2D eigenvalue weighted by atomic mass is 9.40. The number of carbonyl (C=O) groups excluding carboxylic acids is 4. The Morgan fingerprint density at radius 3 is 2.09 bits per heavy atom. The van der Waals surface area contributed by atoms with Crippen molar-refractivity contribution in [1.82, 2.24) is 5.32 Å². The highest BCUT2D eigenvalue weighted by atomic mass is 16.7. The minimum atomic E-state index is -1.55. The normalized spacial score (nSPS) is 31.8. The smallest absolute Gasteiger partial charge is 0.456 e. The molecule has 1 amide bonds. The van der Waals surface area contributed by atoms with Crippen LogP contribution < -0.4 is 5.32 Å². The third kappa shape index (κ3) is 9.64. The van der Waals surface area contributed by atoms with Gasteiger partial charge in [0.15, 0.2) is 6.10 Å². The monoisotopic (exact) mass is 889 g/mol. The van der Waals surface area contributed by atoms with Crippen molar-refractivity contribution in [2.45, 2.75) is 157 Å². The summed E-state index contributed by atoms with van der Waals surface area (Å²) in [5.74, 6) is -2.78. The number of esters is 1. The van der Waals surface area contributed by atoms with Gasteiger partial charge in [-0.15, -0.1) is 0 Å². The zero-order valence-corrected chi connectivity index (χ0v) is 39.9. The van der Waals surface area contributed by atoms with Crippen LogP contribution in [-0.4, -0.2) is 84.2 Å². The molecule has 3 aliphatic carbocycles. The number of hydrogen-bond donors (Lipinski definition) is 2. The molecule has 4 aliphatic rings. The highest BCUT2D eigenvalue weighted by Crippen LogP contribution is 2.68. The molecule has 2 N–H and O–H groups in total. The average Bonchev–Trinajstić information content (AvgIpc) is 3.21. The van der Waals surface area contributed by atoms with Crippen molar-refractivity contribution in [3.8, 4) is 0 Å². The predicted octanol–water partition coefficient (Wildman–Crippen LogP) is 8.88. The van der Waals surface area contributed by atoms with Gasteiger partial charge in [0.05, 0.1) is 36.4 Å². The van der Waals surface area contributed by atoms with E-state index in [1.54, 1.807) is 20.8 Å². The Hall–Kier alpha value is -4.30. The van der Waals surface area contributed by atoms with Crippen LogP contribution >= 0.6 is 0 Å². The van der Waals surface area contributed by atoms with Crippen LogP contribution in [0.3, 0.4) is 0 Å². The summed E-state index contributed by atoms with van der Waals surface area (Å²) in [5, 5.41) is 16.4. The number of nitrogens with one attached hydrogen (secondary N) is 1. The van der Waals surface area contributed by atoms with Crippen molar-refractivity contribution in [2.75, 3.05) is 13.4 Å². The SMILES string of the molecule is CC1=C2C(C)C(=O)[C@]3(C)[C@@H](OC(=O)OCc4ccccc4)C[C@H]4OC[C@@]4(C)[C@H]3[C@H](C)[C@](O)(CC1OC(=O)C(OCOCc1ccccc1)[C@H](CC(C)C)NC(=O)OC(C)(C)C)C2(C)C. The number of fused-ring (bicyclic) bond motifs is 5. The fraction of sp³-hybridized carbons (Fsp3) is 0.647. The predicted molar refractivity (Wildman–Crippen MR) is 238 cm³/mol. The van der Waals surface area contributed by atoms with Crippen molar-refractivity contribution in [3.05, 3.63) is 82.9 Å². The quantitative estimate of drug-likeness (QED) is 0.0610. The van der Waals surface area contributed by atoms with E-state index < -0.39 is 87.8 Å². The summed E-state index contributed by atoms with van der Waals surface area (Å²) >= 11 is 0. The molecule has 0 aromatic heterocycles. The first-order chi connectivity index (χ1) is 29.9. The molecule has 13 heteroatoms. The van der Waals surface area contributed by atoms with E-state index in [0.717, 1.165) is 11.1 Å². The van der Waals surface area contributed by atoms with Gasteiger partial charge in [-0.2, -0.15) is 0 Å². The van der Waals surface area contributed by atoms with Crippen molar-refractivity contribution >= 4 is 24.0 Å². The zero-order valence-electron chi connectivity index (χ0n) is 39.9.